The minimum atomic E-state index is -0.470. The van der Waals surface area contributed by atoms with E-state index in [2.05, 4.69) is 10.2 Å². The molecule has 1 fully saturated rings. The van der Waals surface area contributed by atoms with E-state index in [1.54, 1.807) is 11.8 Å². The van der Waals surface area contributed by atoms with Gasteiger partial charge >= 0.3 is 6.09 Å². The van der Waals surface area contributed by atoms with E-state index >= 15 is 0 Å². The number of piperidine rings is 1. The van der Waals surface area contributed by atoms with Crippen molar-refractivity contribution in [3.8, 4) is 0 Å². The maximum atomic E-state index is 11.9. The molecule has 5 nitrogen and oxygen atoms in total. The summed E-state index contributed by atoms with van der Waals surface area (Å²) in [6.07, 6.45) is 3.43. The van der Waals surface area contributed by atoms with Crippen molar-refractivity contribution in [1.82, 2.24) is 10.2 Å². The Bertz CT molecular complexity index is 606. The van der Waals surface area contributed by atoms with Gasteiger partial charge in [-0.2, -0.15) is 0 Å². The Morgan fingerprint density at radius 1 is 1.28 bits per heavy atom. The number of halogens is 1. The first-order chi connectivity index (χ1) is 11.8. The van der Waals surface area contributed by atoms with E-state index in [0.717, 1.165) is 36.8 Å². The number of alkyl carbamates (subject to hydrolysis) is 1. The Morgan fingerprint density at radius 3 is 2.40 bits per heavy atom. The van der Waals surface area contributed by atoms with Crippen molar-refractivity contribution in [2.45, 2.75) is 45.3 Å². The number of hydrogen-bond acceptors (Lipinski definition) is 4. The molecule has 1 aromatic rings. The highest BCUT2D eigenvalue weighted by Crippen LogP contribution is 2.21. The monoisotopic (exact) mass is 383 g/mol. The number of rotatable bonds is 2. The number of benzene rings is 1. The normalized spacial score (nSPS) is 16.7. The van der Waals surface area contributed by atoms with Gasteiger partial charge in [0, 0.05) is 24.2 Å². The number of nitrogens with one attached hydrogen (secondary N) is 1. The molecule has 0 aromatic heterocycles. The predicted octanol–water partition coefficient (Wildman–Crippen LogP) is 4.68. The van der Waals surface area contributed by atoms with Gasteiger partial charge in [-0.05, 0) is 64.1 Å². The van der Waals surface area contributed by atoms with E-state index in [1.807, 2.05) is 51.3 Å². The second kappa shape index (κ2) is 8.81. The van der Waals surface area contributed by atoms with E-state index in [1.165, 1.54) is 0 Å². The first-order valence-electron chi connectivity index (χ1n) is 8.39. The second-order valence-electron chi connectivity index (χ2n) is 6.98. The second-order valence-corrected chi connectivity index (χ2v) is 8.19. The molecule has 0 aliphatic carbocycles. The number of aliphatic imine (C=N–C) groups is 1. The van der Waals surface area contributed by atoms with Crippen LogP contribution in [0.1, 0.15) is 33.6 Å². The third kappa shape index (κ3) is 6.78. The van der Waals surface area contributed by atoms with Crippen LogP contribution in [0.4, 0.5) is 10.5 Å². The van der Waals surface area contributed by atoms with E-state index in [0.29, 0.717) is 5.02 Å². The highest BCUT2D eigenvalue weighted by atomic mass is 35.5. The van der Waals surface area contributed by atoms with Gasteiger partial charge in [-0.25, -0.2) is 9.79 Å². The number of ether oxygens (including phenoxy) is 1. The average Bonchev–Trinajstić information content (AvgIpc) is 2.53. The highest BCUT2D eigenvalue weighted by molar-refractivity contribution is 8.13. The number of likely N-dealkylation sites (tertiary alicyclic amines) is 1. The molecule has 1 saturated heterocycles. The van der Waals surface area contributed by atoms with Gasteiger partial charge in [-0.1, -0.05) is 23.4 Å². The number of hydrogen-bond donors (Lipinski definition) is 1. The van der Waals surface area contributed by atoms with Crippen LogP contribution in [0.15, 0.2) is 29.3 Å². The van der Waals surface area contributed by atoms with Crippen molar-refractivity contribution in [2.75, 3.05) is 19.3 Å². The van der Waals surface area contributed by atoms with Crippen molar-refractivity contribution in [3.63, 3.8) is 0 Å². The van der Waals surface area contributed by atoms with Crippen molar-refractivity contribution >= 4 is 40.3 Å². The summed E-state index contributed by atoms with van der Waals surface area (Å²) in [4.78, 5) is 18.8. The number of carbonyl (C=O) groups excluding carboxylic acids is 1. The molecule has 0 spiro atoms. The van der Waals surface area contributed by atoms with Gasteiger partial charge in [0.15, 0.2) is 5.17 Å². The minimum Gasteiger partial charge on any atom is -0.444 e. The summed E-state index contributed by atoms with van der Waals surface area (Å²) >= 11 is 7.55. The molecule has 2 rings (SSSR count). The zero-order valence-electron chi connectivity index (χ0n) is 15.2. The van der Waals surface area contributed by atoms with Crippen molar-refractivity contribution in [3.05, 3.63) is 29.3 Å². The summed E-state index contributed by atoms with van der Waals surface area (Å²) in [5.41, 5.74) is 0.421. The Morgan fingerprint density at radius 2 is 1.88 bits per heavy atom. The van der Waals surface area contributed by atoms with Crippen LogP contribution >= 0.6 is 23.4 Å². The maximum absolute atomic E-state index is 11.9. The molecule has 1 amide bonds. The third-order valence-corrected chi connectivity index (χ3v) is 4.69. The maximum Gasteiger partial charge on any atom is 0.407 e. The fraction of sp³-hybridized carbons (Fsp3) is 0.556. The van der Waals surface area contributed by atoms with Crippen molar-refractivity contribution in [1.29, 1.82) is 0 Å². The molecular formula is C18H26ClN3O2S. The van der Waals surface area contributed by atoms with Crippen LogP contribution in [0.5, 0.6) is 0 Å². The number of amides is 1. The Labute approximate surface area is 159 Å². The van der Waals surface area contributed by atoms with E-state index in [-0.39, 0.29) is 12.1 Å². The van der Waals surface area contributed by atoms with Gasteiger partial charge in [0.1, 0.15) is 5.60 Å². The average molecular weight is 384 g/mol. The summed E-state index contributed by atoms with van der Waals surface area (Å²) in [6.45, 7) is 7.31. The predicted molar refractivity (Wildman–Crippen MR) is 106 cm³/mol. The topological polar surface area (TPSA) is 53.9 Å². The number of nitrogens with zero attached hydrogens (tertiary/aromatic N) is 2. The van der Waals surface area contributed by atoms with Crippen molar-refractivity contribution in [2.24, 2.45) is 4.99 Å². The molecule has 138 valence electrons. The quantitative estimate of drug-likeness (QED) is 0.595. The van der Waals surface area contributed by atoms with Crippen LogP contribution < -0.4 is 5.32 Å². The molecule has 25 heavy (non-hydrogen) atoms. The number of amidine groups is 1. The van der Waals surface area contributed by atoms with Gasteiger partial charge in [0.25, 0.3) is 0 Å². The SMILES string of the molecule is CS/C(=N\c1ccc(Cl)cc1)N1CCC(NC(=O)OC(C)(C)C)CC1. The largest absolute Gasteiger partial charge is 0.444 e. The Kier molecular flexibility index (Phi) is 7.02. The molecule has 1 heterocycles. The van der Waals surface area contributed by atoms with Gasteiger partial charge in [0.05, 0.1) is 5.69 Å². The van der Waals surface area contributed by atoms with E-state index < -0.39 is 5.60 Å². The Hall–Kier alpha value is -1.40. The summed E-state index contributed by atoms with van der Waals surface area (Å²) in [6, 6.07) is 7.65. The van der Waals surface area contributed by atoms with Crippen LogP contribution in [0, 0.1) is 0 Å². The zero-order chi connectivity index (χ0) is 18.4. The van der Waals surface area contributed by atoms with Gasteiger partial charge in [-0.3, -0.25) is 0 Å². The summed E-state index contributed by atoms with van der Waals surface area (Å²) in [7, 11) is 0. The lowest BCUT2D eigenvalue weighted by atomic mass is 10.1. The molecular weight excluding hydrogens is 358 g/mol. The highest BCUT2D eigenvalue weighted by Gasteiger charge is 2.24. The molecule has 0 saturated carbocycles. The third-order valence-electron chi connectivity index (χ3n) is 3.72. The van der Waals surface area contributed by atoms with Gasteiger partial charge < -0.3 is 15.0 Å². The van der Waals surface area contributed by atoms with E-state index in [9.17, 15) is 4.79 Å². The van der Waals surface area contributed by atoms with Crippen LogP contribution in [-0.2, 0) is 4.74 Å². The van der Waals surface area contributed by atoms with Crippen LogP contribution in [0.2, 0.25) is 5.02 Å². The Balaban J connectivity index is 1.89. The molecule has 0 radical (unpaired) electrons. The molecule has 1 N–H and O–H groups in total. The van der Waals surface area contributed by atoms with Crippen LogP contribution in [-0.4, -0.2) is 47.1 Å². The molecule has 7 heteroatoms. The lowest BCUT2D eigenvalue weighted by Crippen LogP contribution is -2.47. The van der Waals surface area contributed by atoms with Crippen LogP contribution in [0.25, 0.3) is 0 Å². The molecule has 0 unspecified atom stereocenters. The molecule has 1 aromatic carbocycles. The summed E-state index contributed by atoms with van der Waals surface area (Å²) < 4.78 is 5.32. The van der Waals surface area contributed by atoms with Gasteiger partial charge in [0.2, 0.25) is 0 Å². The van der Waals surface area contributed by atoms with Gasteiger partial charge in [-0.15, -0.1) is 0 Å². The lowest BCUT2D eigenvalue weighted by Gasteiger charge is -2.34. The lowest BCUT2D eigenvalue weighted by molar-refractivity contribution is 0.0488. The molecule has 0 bridgehead atoms. The van der Waals surface area contributed by atoms with E-state index in [4.69, 9.17) is 21.3 Å². The smallest absolute Gasteiger partial charge is 0.407 e. The van der Waals surface area contributed by atoms with Crippen molar-refractivity contribution < 1.29 is 9.53 Å². The fourth-order valence-corrected chi connectivity index (χ4v) is 3.32. The molecule has 1 aliphatic rings. The minimum absolute atomic E-state index is 0.143. The standard InChI is InChI=1S/C18H26ClN3O2S/c1-18(2,3)24-17(23)21-15-9-11-22(12-10-15)16(25-4)20-14-7-5-13(19)6-8-14/h5-8,15H,9-12H2,1-4H3,(H,21,23)/b20-16-. The first-order valence-corrected chi connectivity index (χ1v) is 10.00. The first kappa shape index (κ1) is 19.9. The summed E-state index contributed by atoms with van der Waals surface area (Å²) in [5, 5.41) is 4.65. The zero-order valence-corrected chi connectivity index (χ0v) is 16.8. The fourth-order valence-electron chi connectivity index (χ4n) is 2.56. The van der Waals surface area contributed by atoms with Crippen LogP contribution in [0.3, 0.4) is 0 Å². The molecule has 1 aliphatic heterocycles. The number of thioether (sulfide) groups is 1. The summed E-state index contributed by atoms with van der Waals surface area (Å²) in [5.74, 6) is 0. The number of carbonyl (C=O) groups is 1. The molecule has 0 atom stereocenters.